The minimum atomic E-state index is -0.132. The summed E-state index contributed by atoms with van der Waals surface area (Å²) in [4.78, 5) is 16.9. The fourth-order valence-electron chi connectivity index (χ4n) is 3.22. The van der Waals surface area contributed by atoms with Crippen molar-refractivity contribution in [3.8, 4) is 5.69 Å². The SMILES string of the molecule is Cc1nn(C)c2ncc(NC(=O)CSc3nncn3-c3ccc(C(C)C)cc3)cc12. The van der Waals surface area contributed by atoms with Crippen molar-refractivity contribution in [1.29, 1.82) is 0 Å². The Kier molecular flexibility index (Phi) is 5.54. The highest BCUT2D eigenvalue weighted by Crippen LogP contribution is 2.23. The number of rotatable bonds is 6. The molecular formula is C21H23N7OS. The molecule has 154 valence electrons. The molecule has 3 heterocycles. The molecule has 0 saturated heterocycles. The van der Waals surface area contributed by atoms with E-state index in [1.54, 1.807) is 17.2 Å². The lowest BCUT2D eigenvalue weighted by atomic mass is 10.0. The van der Waals surface area contributed by atoms with Crippen LogP contribution in [0.2, 0.25) is 0 Å². The largest absolute Gasteiger partial charge is 0.324 e. The lowest BCUT2D eigenvalue weighted by Crippen LogP contribution is -2.14. The van der Waals surface area contributed by atoms with E-state index in [2.05, 4.69) is 51.6 Å². The quantitative estimate of drug-likeness (QED) is 0.477. The van der Waals surface area contributed by atoms with Crippen molar-refractivity contribution in [1.82, 2.24) is 29.5 Å². The standard InChI is InChI=1S/C21H23N7OS/c1-13(2)15-5-7-17(8-6-15)28-12-23-25-21(28)30-11-19(29)24-16-9-18-14(3)26-27(4)20(18)22-10-16/h5-10,12-13H,11H2,1-4H3,(H,24,29). The molecule has 1 amide bonds. The number of benzene rings is 1. The third-order valence-electron chi connectivity index (χ3n) is 4.83. The van der Waals surface area contributed by atoms with E-state index < -0.39 is 0 Å². The maximum Gasteiger partial charge on any atom is 0.234 e. The van der Waals surface area contributed by atoms with E-state index in [-0.39, 0.29) is 11.7 Å². The first-order chi connectivity index (χ1) is 14.4. The van der Waals surface area contributed by atoms with Crippen molar-refractivity contribution < 1.29 is 4.79 Å². The Hall–Kier alpha value is -3.20. The van der Waals surface area contributed by atoms with Gasteiger partial charge in [-0.2, -0.15) is 5.10 Å². The molecule has 8 nitrogen and oxygen atoms in total. The number of fused-ring (bicyclic) bond motifs is 1. The van der Waals surface area contributed by atoms with Crippen LogP contribution in [0.4, 0.5) is 5.69 Å². The Labute approximate surface area is 178 Å². The fraction of sp³-hybridized carbons (Fsp3) is 0.286. The summed E-state index contributed by atoms with van der Waals surface area (Å²) in [5.41, 5.74) is 4.55. The van der Waals surface area contributed by atoms with Gasteiger partial charge in [-0.25, -0.2) is 4.98 Å². The van der Waals surface area contributed by atoms with Gasteiger partial charge in [-0.05, 0) is 36.6 Å². The predicted octanol–water partition coefficient (Wildman–Crippen LogP) is 3.71. The molecule has 0 fully saturated rings. The molecule has 1 aromatic carbocycles. The van der Waals surface area contributed by atoms with Gasteiger partial charge in [0.15, 0.2) is 10.8 Å². The van der Waals surface area contributed by atoms with Crippen LogP contribution >= 0.6 is 11.8 Å². The normalized spacial score (nSPS) is 11.4. The van der Waals surface area contributed by atoms with E-state index >= 15 is 0 Å². The van der Waals surface area contributed by atoms with Crippen LogP contribution < -0.4 is 5.32 Å². The van der Waals surface area contributed by atoms with Crippen molar-refractivity contribution in [3.05, 3.63) is 54.1 Å². The zero-order valence-electron chi connectivity index (χ0n) is 17.3. The Morgan fingerprint density at radius 1 is 1.23 bits per heavy atom. The van der Waals surface area contributed by atoms with E-state index in [1.165, 1.54) is 17.3 Å². The number of hydrogen-bond acceptors (Lipinski definition) is 6. The van der Waals surface area contributed by atoms with Crippen molar-refractivity contribution in [3.63, 3.8) is 0 Å². The molecule has 0 saturated carbocycles. The molecule has 0 aliphatic rings. The molecule has 0 atom stereocenters. The van der Waals surface area contributed by atoms with Gasteiger partial charge in [0.25, 0.3) is 0 Å². The maximum absolute atomic E-state index is 12.5. The molecule has 0 bridgehead atoms. The van der Waals surface area contributed by atoms with Crippen LogP contribution in [-0.2, 0) is 11.8 Å². The predicted molar refractivity (Wildman–Crippen MR) is 118 cm³/mol. The van der Waals surface area contributed by atoms with Crippen LogP contribution in [-0.4, -0.2) is 41.2 Å². The van der Waals surface area contributed by atoms with E-state index in [1.807, 2.05) is 36.7 Å². The second kappa shape index (κ2) is 8.27. The number of nitrogens with one attached hydrogen (secondary N) is 1. The number of amides is 1. The molecule has 3 aromatic heterocycles. The van der Waals surface area contributed by atoms with Crippen molar-refractivity contribution in [2.24, 2.45) is 7.05 Å². The molecule has 4 rings (SSSR count). The highest BCUT2D eigenvalue weighted by atomic mass is 32.2. The molecule has 4 aromatic rings. The Morgan fingerprint density at radius 3 is 2.73 bits per heavy atom. The third-order valence-corrected chi connectivity index (χ3v) is 5.78. The summed E-state index contributed by atoms with van der Waals surface area (Å²) in [7, 11) is 1.85. The highest BCUT2D eigenvalue weighted by Gasteiger charge is 2.12. The van der Waals surface area contributed by atoms with Gasteiger partial charge in [-0.1, -0.05) is 37.7 Å². The van der Waals surface area contributed by atoms with Crippen LogP contribution in [0, 0.1) is 6.92 Å². The number of pyridine rings is 1. The first-order valence-electron chi connectivity index (χ1n) is 9.64. The third kappa shape index (κ3) is 4.06. The van der Waals surface area contributed by atoms with Gasteiger partial charge in [0, 0.05) is 18.1 Å². The Balaban J connectivity index is 1.42. The fourth-order valence-corrected chi connectivity index (χ4v) is 3.95. The second-order valence-electron chi connectivity index (χ2n) is 7.37. The lowest BCUT2D eigenvalue weighted by molar-refractivity contribution is -0.113. The van der Waals surface area contributed by atoms with E-state index in [9.17, 15) is 4.79 Å². The number of anilines is 1. The van der Waals surface area contributed by atoms with Gasteiger partial charge in [0.2, 0.25) is 5.91 Å². The van der Waals surface area contributed by atoms with Gasteiger partial charge in [0.05, 0.1) is 23.3 Å². The molecule has 0 radical (unpaired) electrons. The van der Waals surface area contributed by atoms with Crippen LogP contribution in [0.1, 0.15) is 31.0 Å². The maximum atomic E-state index is 12.5. The zero-order chi connectivity index (χ0) is 21.3. The van der Waals surface area contributed by atoms with Crippen LogP contribution in [0.15, 0.2) is 48.0 Å². The van der Waals surface area contributed by atoms with E-state index in [0.717, 1.165) is 22.4 Å². The summed E-state index contributed by atoms with van der Waals surface area (Å²) < 4.78 is 3.61. The molecule has 1 N–H and O–H groups in total. The van der Waals surface area contributed by atoms with Crippen molar-refractivity contribution >= 4 is 34.4 Å². The molecule has 9 heteroatoms. The van der Waals surface area contributed by atoms with Crippen molar-refractivity contribution in [2.75, 3.05) is 11.1 Å². The zero-order valence-corrected chi connectivity index (χ0v) is 18.1. The highest BCUT2D eigenvalue weighted by molar-refractivity contribution is 7.99. The number of nitrogens with zero attached hydrogens (tertiary/aromatic N) is 6. The van der Waals surface area contributed by atoms with Crippen LogP contribution in [0.25, 0.3) is 16.7 Å². The molecule has 0 aliphatic heterocycles. The number of carbonyl (C=O) groups is 1. The summed E-state index contributed by atoms with van der Waals surface area (Å²) in [6.45, 7) is 6.25. The summed E-state index contributed by atoms with van der Waals surface area (Å²) in [5, 5.41) is 17.0. The minimum Gasteiger partial charge on any atom is -0.324 e. The van der Waals surface area contributed by atoms with Gasteiger partial charge < -0.3 is 5.32 Å². The topological polar surface area (TPSA) is 90.5 Å². The summed E-state index contributed by atoms with van der Waals surface area (Å²) in [6.07, 6.45) is 3.30. The summed E-state index contributed by atoms with van der Waals surface area (Å²) in [5.74, 6) is 0.557. The average Bonchev–Trinajstić information content (AvgIpc) is 3.31. The molecule has 30 heavy (non-hydrogen) atoms. The Bertz CT molecular complexity index is 1190. The van der Waals surface area contributed by atoms with Crippen LogP contribution in [0.5, 0.6) is 0 Å². The molecule has 0 unspecified atom stereocenters. The monoisotopic (exact) mass is 421 g/mol. The van der Waals surface area contributed by atoms with Gasteiger partial charge in [-0.3, -0.25) is 14.0 Å². The van der Waals surface area contributed by atoms with Crippen LogP contribution in [0.3, 0.4) is 0 Å². The minimum absolute atomic E-state index is 0.132. The van der Waals surface area contributed by atoms with Gasteiger partial charge >= 0.3 is 0 Å². The molecular weight excluding hydrogens is 398 g/mol. The second-order valence-corrected chi connectivity index (χ2v) is 8.31. The molecule has 0 aliphatic carbocycles. The summed E-state index contributed by atoms with van der Waals surface area (Å²) in [6, 6.07) is 10.2. The first-order valence-corrected chi connectivity index (χ1v) is 10.6. The number of aromatic nitrogens is 6. The lowest BCUT2D eigenvalue weighted by Gasteiger charge is -2.09. The average molecular weight is 422 g/mol. The van der Waals surface area contributed by atoms with E-state index in [0.29, 0.717) is 16.8 Å². The van der Waals surface area contributed by atoms with Gasteiger partial charge in [-0.15, -0.1) is 10.2 Å². The summed E-state index contributed by atoms with van der Waals surface area (Å²) >= 11 is 1.34. The number of thioether (sulfide) groups is 1. The smallest absolute Gasteiger partial charge is 0.234 e. The first kappa shape index (κ1) is 20.1. The molecule has 0 spiro atoms. The number of aryl methyl sites for hydroxylation is 2. The van der Waals surface area contributed by atoms with E-state index in [4.69, 9.17) is 0 Å². The van der Waals surface area contributed by atoms with Crippen molar-refractivity contribution in [2.45, 2.75) is 31.8 Å². The Morgan fingerprint density at radius 2 is 2.00 bits per heavy atom. The van der Waals surface area contributed by atoms with Gasteiger partial charge in [0.1, 0.15) is 6.33 Å². The number of hydrogen-bond donors (Lipinski definition) is 1. The number of carbonyl (C=O) groups excluding carboxylic acids is 1.